The molecule has 1 N–H and O–H groups in total. The molecule has 4 aromatic rings. The highest BCUT2D eigenvalue weighted by Gasteiger charge is 2.23. The number of methoxy groups -OCH3 is 1. The van der Waals surface area contributed by atoms with Crippen molar-refractivity contribution < 1.29 is 9.53 Å². The number of nitrogens with zero attached hydrogens (tertiary/aromatic N) is 2. The number of hydrogen-bond acceptors (Lipinski definition) is 3. The van der Waals surface area contributed by atoms with Crippen molar-refractivity contribution in [2.75, 3.05) is 25.6 Å². The Kier molecular flexibility index (Phi) is 6.70. The van der Waals surface area contributed by atoms with Crippen LogP contribution < -0.4 is 5.32 Å². The third-order valence-corrected chi connectivity index (χ3v) is 6.25. The Bertz CT molecular complexity index is 1140. The zero-order valence-corrected chi connectivity index (χ0v) is 18.7. The van der Waals surface area contributed by atoms with E-state index in [1.807, 2.05) is 35.2 Å². The molecule has 2 amide bonds. The van der Waals surface area contributed by atoms with Gasteiger partial charge in [-0.3, -0.25) is 0 Å². The summed E-state index contributed by atoms with van der Waals surface area (Å²) in [5, 5.41) is 6.30. The van der Waals surface area contributed by atoms with Crippen molar-refractivity contribution in [2.24, 2.45) is 0 Å². The van der Waals surface area contributed by atoms with Gasteiger partial charge < -0.3 is 19.5 Å². The molecule has 2 aromatic carbocycles. The second-order valence-corrected chi connectivity index (χ2v) is 8.22. The Morgan fingerprint density at radius 2 is 1.84 bits per heavy atom. The number of aryl methyl sites for hydroxylation is 1. The summed E-state index contributed by atoms with van der Waals surface area (Å²) < 4.78 is 7.65. The highest BCUT2D eigenvalue weighted by atomic mass is 32.1. The molecule has 0 aliphatic rings. The lowest BCUT2D eigenvalue weighted by Gasteiger charge is -2.23. The van der Waals surface area contributed by atoms with E-state index in [0.717, 1.165) is 12.2 Å². The predicted octanol–water partition coefficient (Wildman–Crippen LogP) is 6.07. The summed E-state index contributed by atoms with van der Waals surface area (Å²) >= 11 is 1.73. The predicted molar refractivity (Wildman–Crippen MR) is 129 cm³/mol. The first-order valence-electron chi connectivity index (χ1n) is 10.5. The number of carbonyl (C=O) groups is 1. The zero-order chi connectivity index (χ0) is 21.6. The topological polar surface area (TPSA) is 46.5 Å². The summed E-state index contributed by atoms with van der Waals surface area (Å²) in [4.78, 5) is 16.2. The van der Waals surface area contributed by atoms with Gasteiger partial charge >= 0.3 is 6.03 Å². The number of para-hydroxylation sites is 2. The number of fused-ring (bicyclic) bond motifs is 1. The molecule has 0 fully saturated rings. The maximum atomic E-state index is 13.2. The van der Waals surface area contributed by atoms with Gasteiger partial charge in [0.1, 0.15) is 0 Å². The van der Waals surface area contributed by atoms with Gasteiger partial charge in [-0.15, -0.1) is 11.3 Å². The second kappa shape index (κ2) is 9.81. The highest BCUT2D eigenvalue weighted by Crippen LogP contribution is 2.37. The first-order valence-corrected chi connectivity index (χ1v) is 11.3. The number of rotatable bonds is 8. The largest absolute Gasteiger partial charge is 0.383 e. The van der Waals surface area contributed by atoms with Crippen LogP contribution in [-0.4, -0.2) is 35.8 Å². The van der Waals surface area contributed by atoms with Crippen LogP contribution >= 0.6 is 11.3 Å². The van der Waals surface area contributed by atoms with Gasteiger partial charge in [0.2, 0.25) is 0 Å². The zero-order valence-electron chi connectivity index (χ0n) is 17.9. The molecule has 0 bridgehead atoms. The molecular formula is C25H27N3O2S. The number of hydrogen-bond donors (Lipinski definition) is 1. The molecule has 2 aromatic heterocycles. The van der Waals surface area contributed by atoms with Crippen LogP contribution in [0.4, 0.5) is 10.5 Å². The number of anilines is 1. The number of benzene rings is 2. The molecule has 0 unspecified atom stereocenters. The molecule has 0 radical (unpaired) electrons. The van der Waals surface area contributed by atoms with E-state index in [9.17, 15) is 4.79 Å². The SMILES string of the molecule is CCn1c(-c2cccs2)c(CN(CCOC)C(=O)Nc2ccccc2)c2ccccc21. The minimum absolute atomic E-state index is 0.131. The van der Waals surface area contributed by atoms with E-state index in [1.165, 1.54) is 27.0 Å². The lowest BCUT2D eigenvalue weighted by atomic mass is 10.1. The Hall–Kier alpha value is -3.09. The third-order valence-electron chi connectivity index (χ3n) is 5.37. The molecular weight excluding hydrogens is 406 g/mol. The lowest BCUT2D eigenvalue weighted by molar-refractivity contribution is 0.153. The number of thiophene rings is 1. The number of nitrogens with one attached hydrogen (secondary N) is 1. The molecule has 5 nitrogen and oxygen atoms in total. The van der Waals surface area contributed by atoms with E-state index < -0.39 is 0 Å². The van der Waals surface area contributed by atoms with Crippen LogP contribution in [0.3, 0.4) is 0 Å². The fraction of sp³-hybridized carbons (Fsp3) is 0.240. The molecule has 2 heterocycles. The first-order chi connectivity index (χ1) is 15.2. The van der Waals surface area contributed by atoms with Crippen molar-refractivity contribution in [1.82, 2.24) is 9.47 Å². The summed E-state index contributed by atoms with van der Waals surface area (Å²) in [6, 6.07) is 22.1. The monoisotopic (exact) mass is 433 g/mol. The molecule has 0 saturated heterocycles. The van der Waals surface area contributed by atoms with E-state index >= 15 is 0 Å². The van der Waals surface area contributed by atoms with E-state index in [2.05, 4.69) is 58.6 Å². The summed E-state index contributed by atoms with van der Waals surface area (Å²) in [6.45, 7) is 4.51. The number of carbonyl (C=O) groups excluding carboxylic acids is 1. The average Bonchev–Trinajstić information content (AvgIpc) is 3.43. The fourth-order valence-corrected chi connectivity index (χ4v) is 4.73. The summed E-state index contributed by atoms with van der Waals surface area (Å²) in [5.41, 5.74) is 4.33. The quantitative estimate of drug-likeness (QED) is 0.367. The molecule has 4 rings (SSSR count). The van der Waals surface area contributed by atoms with Crippen molar-refractivity contribution in [1.29, 1.82) is 0 Å². The maximum absolute atomic E-state index is 13.2. The minimum atomic E-state index is -0.131. The molecule has 31 heavy (non-hydrogen) atoms. The van der Waals surface area contributed by atoms with Crippen LogP contribution in [-0.2, 0) is 17.8 Å². The number of amides is 2. The highest BCUT2D eigenvalue weighted by molar-refractivity contribution is 7.13. The smallest absolute Gasteiger partial charge is 0.322 e. The standard InChI is InChI=1S/C25H27N3O2S/c1-3-28-22-13-8-7-12-20(22)21(24(28)23-14-9-17-31-23)18-27(15-16-30-2)25(29)26-19-10-5-4-6-11-19/h4-14,17H,3,15-16,18H2,1-2H3,(H,26,29). The Morgan fingerprint density at radius 1 is 1.06 bits per heavy atom. The summed E-state index contributed by atoms with van der Waals surface area (Å²) in [7, 11) is 1.66. The average molecular weight is 434 g/mol. The Morgan fingerprint density at radius 3 is 2.55 bits per heavy atom. The molecule has 0 atom stereocenters. The van der Waals surface area contributed by atoms with E-state index in [4.69, 9.17) is 4.74 Å². The van der Waals surface area contributed by atoms with Crippen LogP contribution in [0, 0.1) is 0 Å². The van der Waals surface area contributed by atoms with Gasteiger partial charge in [-0.05, 0) is 36.6 Å². The van der Waals surface area contributed by atoms with E-state index in [1.54, 1.807) is 18.4 Å². The molecule has 6 heteroatoms. The van der Waals surface area contributed by atoms with Gasteiger partial charge in [0.25, 0.3) is 0 Å². The van der Waals surface area contributed by atoms with Gasteiger partial charge in [-0.1, -0.05) is 42.5 Å². The van der Waals surface area contributed by atoms with Crippen LogP contribution in [0.15, 0.2) is 72.1 Å². The van der Waals surface area contributed by atoms with Gasteiger partial charge in [0.15, 0.2) is 0 Å². The van der Waals surface area contributed by atoms with Crippen LogP contribution in [0.5, 0.6) is 0 Å². The van der Waals surface area contributed by atoms with Crippen LogP contribution in [0.1, 0.15) is 12.5 Å². The first kappa shape index (κ1) is 21.2. The van der Waals surface area contributed by atoms with Crippen molar-refractivity contribution in [3.63, 3.8) is 0 Å². The summed E-state index contributed by atoms with van der Waals surface area (Å²) in [6.07, 6.45) is 0. The molecule has 0 saturated carbocycles. The van der Waals surface area contributed by atoms with Crippen LogP contribution in [0.25, 0.3) is 21.5 Å². The van der Waals surface area contributed by atoms with Gasteiger partial charge in [-0.2, -0.15) is 0 Å². The molecule has 0 spiro atoms. The molecule has 0 aliphatic heterocycles. The molecule has 0 aliphatic carbocycles. The number of aromatic nitrogens is 1. The number of urea groups is 1. The Labute approximate surface area is 186 Å². The van der Waals surface area contributed by atoms with Crippen LogP contribution in [0.2, 0.25) is 0 Å². The normalized spacial score (nSPS) is 11.0. The fourth-order valence-electron chi connectivity index (χ4n) is 3.93. The van der Waals surface area contributed by atoms with Crippen molar-refractivity contribution >= 4 is 34.0 Å². The van der Waals surface area contributed by atoms with Gasteiger partial charge in [0.05, 0.1) is 23.7 Å². The van der Waals surface area contributed by atoms with Crippen molar-refractivity contribution in [3.8, 4) is 10.6 Å². The van der Waals surface area contributed by atoms with Gasteiger partial charge in [-0.25, -0.2) is 4.79 Å². The van der Waals surface area contributed by atoms with E-state index in [0.29, 0.717) is 19.7 Å². The second-order valence-electron chi connectivity index (χ2n) is 7.28. The van der Waals surface area contributed by atoms with Gasteiger partial charge in [0, 0.05) is 42.4 Å². The Balaban J connectivity index is 1.75. The van der Waals surface area contributed by atoms with E-state index in [-0.39, 0.29) is 6.03 Å². The summed E-state index contributed by atoms with van der Waals surface area (Å²) in [5.74, 6) is 0. The number of ether oxygens (including phenoxy) is 1. The van der Waals surface area contributed by atoms with Crippen molar-refractivity contribution in [2.45, 2.75) is 20.0 Å². The molecule has 160 valence electrons. The van der Waals surface area contributed by atoms with Crippen molar-refractivity contribution in [3.05, 3.63) is 77.7 Å². The maximum Gasteiger partial charge on any atom is 0.322 e. The third kappa shape index (κ3) is 4.50. The minimum Gasteiger partial charge on any atom is -0.383 e. The lowest BCUT2D eigenvalue weighted by Crippen LogP contribution is -2.37.